The fraction of sp³-hybridized carbons (Fsp3) is 0.481. The number of benzene rings is 2. The molecule has 0 saturated heterocycles. The van der Waals surface area contributed by atoms with E-state index >= 15 is 0 Å². The van der Waals surface area contributed by atoms with E-state index < -0.39 is 0 Å². The fourth-order valence-corrected chi connectivity index (χ4v) is 5.04. The van der Waals surface area contributed by atoms with Crippen molar-refractivity contribution in [1.29, 1.82) is 0 Å². The third-order valence-electron chi connectivity index (χ3n) is 6.71. The zero-order valence-electron chi connectivity index (χ0n) is 18.8. The van der Waals surface area contributed by atoms with E-state index in [4.69, 9.17) is 9.98 Å². The Bertz CT molecular complexity index is 899. The van der Waals surface area contributed by atoms with E-state index in [2.05, 4.69) is 77.9 Å². The molecule has 152 valence electrons. The molecule has 2 bridgehead atoms. The minimum absolute atomic E-state index is 0.470. The molecule has 2 aromatic carbocycles. The number of aryl methyl sites for hydroxylation is 2. The van der Waals surface area contributed by atoms with Crippen LogP contribution in [0.15, 0.2) is 46.4 Å². The number of nitrogens with zero attached hydrogens (tertiary/aromatic N) is 2. The average molecular weight is 387 g/mol. The Hall–Kier alpha value is -2.22. The van der Waals surface area contributed by atoms with Crippen LogP contribution < -0.4 is 0 Å². The molecule has 2 aliphatic rings. The van der Waals surface area contributed by atoms with Crippen molar-refractivity contribution in [2.45, 2.75) is 72.6 Å². The molecule has 2 saturated carbocycles. The second-order valence-electron chi connectivity index (χ2n) is 9.54. The van der Waals surface area contributed by atoms with Crippen molar-refractivity contribution in [3.05, 3.63) is 58.7 Å². The summed E-state index contributed by atoms with van der Waals surface area (Å²) in [5.41, 5.74) is 10.1. The molecule has 0 spiro atoms. The van der Waals surface area contributed by atoms with Crippen molar-refractivity contribution in [2.24, 2.45) is 21.8 Å². The molecular formula is C27H34N2. The van der Waals surface area contributed by atoms with Crippen LogP contribution >= 0.6 is 0 Å². The number of aliphatic imine (C=N–C) groups is 2. The van der Waals surface area contributed by atoms with Crippen molar-refractivity contribution in [3.63, 3.8) is 0 Å². The van der Waals surface area contributed by atoms with E-state index in [1.807, 2.05) is 0 Å². The summed E-state index contributed by atoms with van der Waals surface area (Å²) in [5, 5.41) is 0. The first-order chi connectivity index (χ1) is 13.9. The van der Waals surface area contributed by atoms with Gasteiger partial charge in [-0.05, 0) is 67.2 Å². The number of rotatable bonds is 4. The summed E-state index contributed by atoms with van der Waals surface area (Å²) in [5.74, 6) is 2.09. The smallest absolute Gasteiger partial charge is 0.0697 e. The van der Waals surface area contributed by atoms with Gasteiger partial charge in [0, 0.05) is 11.8 Å². The molecule has 0 amide bonds. The first-order valence-electron chi connectivity index (χ1n) is 11.2. The first-order valence-corrected chi connectivity index (χ1v) is 11.2. The van der Waals surface area contributed by atoms with Crippen molar-refractivity contribution in [1.82, 2.24) is 0 Å². The van der Waals surface area contributed by atoms with Gasteiger partial charge in [0.15, 0.2) is 0 Å². The van der Waals surface area contributed by atoms with Gasteiger partial charge < -0.3 is 0 Å². The average Bonchev–Trinajstić information content (AvgIpc) is 3.27. The standard InChI is InChI=1S/C27H34N2/c1-16(2)22-11-7-9-18(5)24(22)28-26-20-13-14-21(15-20)27(26)29-25-19(6)10-8-12-23(25)17(3)4/h7-12,16-17,20-21H,13-15H2,1-6H3/t20-,21+. The molecule has 2 atom stereocenters. The molecule has 0 aromatic heterocycles. The molecule has 0 radical (unpaired) electrons. The van der Waals surface area contributed by atoms with Crippen LogP contribution in [0, 0.1) is 25.7 Å². The first kappa shape index (κ1) is 20.1. The molecule has 2 heteroatoms. The van der Waals surface area contributed by atoms with Gasteiger partial charge in [-0.2, -0.15) is 0 Å². The quantitative estimate of drug-likeness (QED) is 0.511. The Morgan fingerprint density at radius 1 is 0.690 bits per heavy atom. The highest BCUT2D eigenvalue weighted by Crippen LogP contribution is 2.44. The van der Waals surface area contributed by atoms with E-state index in [0.29, 0.717) is 23.7 Å². The maximum absolute atomic E-state index is 5.33. The predicted octanol–water partition coefficient (Wildman–Crippen LogP) is 7.83. The summed E-state index contributed by atoms with van der Waals surface area (Å²) in [6, 6.07) is 13.2. The van der Waals surface area contributed by atoms with E-state index in [0.717, 1.165) is 0 Å². The van der Waals surface area contributed by atoms with Crippen LogP contribution in [-0.4, -0.2) is 11.4 Å². The van der Waals surface area contributed by atoms with Crippen molar-refractivity contribution < 1.29 is 0 Å². The third-order valence-corrected chi connectivity index (χ3v) is 6.71. The zero-order valence-corrected chi connectivity index (χ0v) is 18.8. The molecule has 0 N–H and O–H groups in total. The minimum atomic E-state index is 0.470. The summed E-state index contributed by atoms with van der Waals surface area (Å²) >= 11 is 0. The number of hydrogen-bond donors (Lipinski definition) is 0. The Morgan fingerprint density at radius 3 is 1.48 bits per heavy atom. The second-order valence-corrected chi connectivity index (χ2v) is 9.54. The Kier molecular flexibility index (Phi) is 5.46. The van der Waals surface area contributed by atoms with Crippen LogP contribution in [0.4, 0.5) is 11.4 Å². The molecule has 2 fully saturated rings. The van der Waals surface area contributed by atoms with Gasteiger partial charge in [-0.1, -0.05) is 64.1 Å². The topological polar surface area (TPSA) is 24.7 Å². The highest BCUT2D eigenvalue weighted by Gasteiger charge is 2.42. The molecule has 0 heterocycles. The lowest BCUT2D eigenvalue weighted by molar-refractivity contribution is 0.736. The molecule has 4 rings (SSSR count). The minimum Gasteiger partial charge on any atom is -0.251 e. The maximum atomic E-state index is 5.33. The Morgan fingerprint density at radius 2 is 1.10 bits per heavy atom. The van der Waals surface area contributed by atoms with Gasteiger partial charge in [0.1, 0.15) is 0 Å². The molecule has 2 nitrogen and oxygen atoms in total. The molecule has 2 aromatic rings. The van der Waals surface area contributed by atoms with E-state index in [1.165, 1.54) is 64.3 Å². The van der Waals surface area contributed by atoms with Crippen LogP contribution in [-0.2, 0) is 0 Å². The lowest BCUT2D eigenvalue weighted by Gasteiger charge is -2.20. The summed E-state index contributed by atoms with van der Waals surface area (Å²) in [6.45, 7) is 13.4. The van der Waals surface area contributed by atoms with Crippen LogP contribution in [0.2, 0.25) is 0 Å². The van der Waals surface area contributed by atoms with Crippen LogP contribution in [0.25, 0.3) is 0 Å². The Labute approximate surface area is 176 Å². The van der Waals surface area contributed by atoms with Crippen LogP contribution in [0.5, 0.6) is 0 Å². The van der Waals surface area contributed by atoms with Crippen molar-refractivity contribution in [2.75, 3.05) is 0 Å². The van der Waals surface area contributed by atoms with Crippen molar-refractivity contribution >= 4 is 22.8 Å². The number of para-hydroxylation sites is 2. The third kappa shape index (κ3) is 3.70. The number of hydrogen-bond acceptors (Lipinski definition) is 2. The summed E-state index contributed by atoms with van der Waals surface area (Å²) in [6.07, 6.45) is 3.75. The Balaban J connectivity index is 1.86. The highest BCUT2D eigenvalue weighted by molar-refractivity contribution is 6.47. The summed E-state index contributed by atoms with van der Waals surface area (Å²) in [7, 11) is 0. The van der Waals surface area contributed by atoms with Crippen LogP contribution in [0.3, 0.4) is 0 Å². The van der Waals surface area contributed by atoms with Gasteiger partial charge in [-0.3, -0.25) is 9.98 Å². The predicted molar refractivity (Wildman–Crippen MR) is 126 cm³/mol. The maximum Gasteiger partial charge on any atom is 0.0697 e. The lowest BCUT2D eigenvalue weighted by atomic mass is 9.93. The lowest BCUT2D eigenvalue weighted by Crippen LogP contribution is -2.22. The second kappa shape index (κ2) is 7.89. The normalized spacial score (nSPS) is 23.9. The van der Waals surface area contributed by atoms with Gasteiger partial charge in [0.2, 0.25) is 0 Å². The molecule has 29 heavy (non-hydrogen) atoms. The molecule has 0 aliphatic heterocycles. The van der Waals surface area contributed by atoms with Gasteiger partial charge in [-0.25, -0.2) is 0 Å². The summed E-state index contributed by atoms with van der Waals surface area (Å²) < 4.78 is 0. The fourth-order valence-electron chi connectivity index (χ4n) is 5.04. The largest absolute Gasteiger partial charge is 0.251 e. The monoisotopic (exact) mass is 386 g/mol. The van der Waals surface area contributed by atoms with Gasteiger partial charge in [-0.15, -0.1) is 0 Å². The number of fused-ring (bicyclic) bond motifs is 2. The van der Waals surface area contributed by atoms with E-state index in [1.54, 1.807) is 0 Å². The van der Waals surface area contributed by atoms with Gasteiger partial charge >= 0.3 is 0 Å². The van der Waals surface area contributed by atoms with E-state index in [-0.39, 0.29) is 0 Å². The van der Waals surface area contributed by atoms with E-state index in [9.17, 15) is 0 Å². The van der Waals surface area contributed by atoms with Crippen LogP contribution in [0.1, 0.15) is 81.0 Å². The summed E-state index contributed by atoms with van der Waals surface area (Å²) in [4.78, 5) is 10.7. The molecular weight excluding hydrogens is 352 g/mol. The van der Waals surface area contributed by atoms with Crippen molar-refractivity contribution in [3.8, 4) is 0 Å². The van der Waals surface area contributed by atoms with Gasteiger partial charge in [0.05, 0.1) is 22.8 Å². The molecule has 0 unspecified atom stereocenters. The zero-order chi connectivity index (χ0) is 20.7. The molecule has 2 aliphatic carbocycles. The SMILES string of the molecule is Cc1cccc(C(C)C)c1N=C1C(=Nc2c(C)cccc2C(C)C)[C@H]2CC[C@@H]1C2. The highest BCUT2D eigenvalue weighted by atomic mass is 14.9. The van der Waals surface area contributed by atoms with Gasteiger partial charge in [0.25, 0.3) is 0 Å².